The van der Waals surface area contributed by atoms with Crippen molar-refractivity contribution in [2.45, 2.75) is 32.7 Å². The topological polar surface area (TPSA) is 69.0 Å². The predicted molar refractivity (Wildman–Crippen MR) is 120 cm³/mol. The monoisotopic (exact) mass is 474 g/mol. The first-order valence-electron chi connectivity index (χ1n) is 11.2. The molecule has 1 aromatic carbocycles. The third kappa shape index (κ3) is 4.78. The van der Waals surface area contributed by atoms with Crippen molar-refractivity contribution < 1.29 is 13.5 Å². The van der Waals surface area contributed by atoms with E-state index in [4.69, 9.17) is 16.3 Å². The van der Waals surface area contributed by atoms with Gasteiger partial charge in [0, 0.05) is 42.4 Å². The van der Waals surface area contributed by atoms with E-state index < -0.39 is 12.5 Å². The van der Waals surface area contributed by atoms with E-state index in [1.54, 1.807) is 6.33 Å². The molecule has 1 saturated carbocycles. The molecule has 5 rings (SSSR count). The Hall–Kier alpha value is -2.81. The maximum absolute atomic E-state index is 13.7. The summed E-state index contributed by atoms with van der Waals surface area (Å²) in [4.78, 5) is 15.5. The van der Waals surface area contributed by atoms with Gasteiger partial charge >= 0.3 is 6.01 Å². The lowest BCUT2D eigenvalue weighted by molar-refractivity contribution is 0.264. The van der Waals surface area contributed by atoms with Crippen LogP contribution in [0, 0.1) is 30.5 Å². The van der Waals surface area contributed by atoms with Crippen LogP contribution >= 0.6 is 11.6 Å². The number of ether oxygens (including phenoxy) is 1. The van der Waals surface area contributed by atoms with Crippen LogP contribution in [0.2, 0.25) is 5.02 Å². The third-order valence-electron chi connectivity index (χ3n) is 6.58. The fourth-order valence-electron chi connectivity index (χ4n) is 5.13. The standard InChI is InChI=1S/C23H25ClF2N6O/c1-14-6-22(28-13-27-14)31-11-15-2-3-16(12-31)20(15)10-21-29-23(32(30-21)5-4-25)33-19-8-17(24)7-18(26)9-19/h6-9,13,15-16,20H,2-5,10-12H2,1H3. The fraction of sp³-hybridized carbons (Fsp3) is 0.478. The number of alkyl halides is 1. The van der Waals surface area contributed by atoms with E-state index in [2.05, 4.69) is 25.0 Å². The molecule has 0 amide bonds. The van der Waals surface area contributed by atoms with Gasteiger partial charge in [0.15, 0.2) is 5.82 Å². The van der Waals surface area contributed by atoms with Crippen molar-refractivity contribution in [3.63, 3.8) is 0 Å². The summed E-state index contributed by atoms with van der Waals surface area (Å²) in [6.07, 6.45) is 4.64. The Bertz CT molecular complexity index is 1110. The first-order chi connectivity index (χ1) is 16.0. The summed E-state index contributed by atoms with van der Waals surface area (Å²) in [7, 11) is 0. The molecule has 0 radical (unpaired) electrons. The Morgan fingerprint density at radius 3 is 2.61 bits per heavy atom. The van der Waals surface area contributed by atoms with E-state index in [0.717, 1.165) is 37.4 Å². The highest BCUT2D eigenvalue weighted by molar-refractivity contribution is 6.30. The molecule has 1 aliphatic heterocycles. The normalized spacial score (nSPS) is 22.1. The van der Waals surface area contributed by atoms with Gasteiger partial charge in [-0.1, -0.05) is 11.6 Å². The fourth-order valence-corrected chi connectivity index (χ4v) is 5.34. The van der Waals surface area contributed by atoms with Gasteiger partial charge in [-0.15, -0.1) is 0 Å². The number of anilines is 1. The smallest absolute Gasteiger partial charge is 0.320 e. The minimum Gasteiger partial charge on any atom is -0.424 e. The Balaban J connectivity index is 1.32. The molecular weight excluding hydrogens is 450 g/mol. The number of piperidine rings is 1. The number of fused-ring (bicyclic) bond motifs is 2. The van der Waals surface area contributed by atoms with Gasteiger partial charge in [0.05, 0.1) is 6.54 Å². The maximum atomic E-state index is 13.7. The molecule has 2 aromatic heterocycles. The lowest BCUT2D eigenvalue weighted by Gasteiger charge is -2.38. The van der Waals surface area contributed by atoms with E-state index >= 15 is 0 Å². The van der Waals surface area contributed by atoms with Gasteiger partial charge in [-0.05, 0) is 49.7 Å². The van der Waals surface area contributed by atoms with Gasteiger partial charge in [0.1, 0.15) is 30.4 Å². The van der Waals surface area contributed by atoms with E-state index in [1.165, 1.54) is 22.9 Å². The number of benzene rings is 1. The SMILES string of the molecule is Cc1cc(N2CC3CCC(C2)C3Cc2nc(Oc3cc(F)cc(Cl)c3)n(CCF)n2)ncn1. The molecule has 1 saturated heterocycles. The molecule has 0 spiro atoms. The molecule has 7 nitrogen and oxygen atoms in total. The first-order valence-corrected chi connectivity index (χ1v) is 11.5. The van der Waals surface area contributed by atoms with Crippen LogP contribution in [0.1, 0.15) is 24.4 Å². The van der Waals surface area contributed by atoms with Crippen LogP contribution in [-0.4, -0.2) is 44.5 Å². The molecular formula is C23H25ClF2N6O. The molecule has 1 aliphatic carbocycles. The van der Waals surface area contributed by atoms with Gasteiger partial charge in [-0.3, -0.25) is 0 Å². The largest absolute Gasteiger partial charge is 0.424 e. The van der Waals surface area contributed by atoms with Crippen LogP contribution in [0.3, 0.4) is 0 Å². The second kappa shape index (κ2) is 9.21. The summed E-state index contributed by atoms with van der Waals surface area (Å²) >= 11 is 5.92. The number of aromatic nitrogens is 5. The van der Waals surface area contributed by atoms with E-state index in [9.17, 15) is 8.78 Å². The lowest BCUT2D eigenvalue weighted by atomic mass is 9.82. The molecule has 2 atom stereocenters. The van der Waals surface area contributed by atoms with Crippen LogP contribution in [0.4, 0.5) is 14.6 Å². The van der Waals surface area contributed by atoms with Crippen molar-refractivity contribution in [2.24, 2.45) is 17.8 Å². The highest BCUT2D eigenvalue weighted by Crippen LogP contribution is 2.44. The second-order valence-corrected chi connectivity index (χ2v) is 9.25. The summed E-state index contributed by atoms with van der Waals surface area (Å²) in [5.41, 5.74) is 0.962. The number of aryl methyl sites for hydroxylation is 2. The zero-order valence-corrected chi connectivity index (χ0v) is 19.0. The van der Waals surface area contributed by atoms with Crippen molar-refractivity contribution in [1.29, 1.82) is 0 Å². The van der Waals surface area contributed by atoms with E-state index in [-0.39, 0.29) is 23.3 Å². The molecule has 2 bridgehead atoms. The van der Waals surface area contributed by atoms with E-state index in [1.807, 2.05) is 13.0 Å². The minimum atomic E-state index is -0.606. The van der Waals surface area contributed by atoms with Gasteiger partial charge < -0.3 is 9.64 Å². The molecule has 2 unspecified atom stereocenters. The van der Waals surface area contributed by atoms with Crippen molar-refractivity contribution in [3.05, 3.63) is 53.0 Å². The molecule has 174 valence electrons. The number of hydrogen-bond acceptors (Lipinski definition) is 6. The van der Waals surface area contributed by atoms with Crippen molar-refractivity contribution in [1.82, 2.24) is 24.7 Å². The molecule has 0 N–H and O–H groups in total. The maximum Gasteiger partial charge on any atom is 0.320 e. The zero-order valence-electron chi connectivity index (χ0n) is 18.3. The lowest BCUT2D eigenvalue weighted by Crippen LogP contribution is -2.43. The Kier molecular flexibility index (Phi) is 6.14. The van der Waals surface area contributed by atoms with Gasteiger partial charge in [0.25, 0.3) is 0 Å². The Morgan fingerprint density at radius 2 is 1.91 bits per heavy atom. The van der Waals surface area contributed by atoms with Gasteiger partial charge in [0.2, 0.25) is 0 Å². The Labute approximate surface area is 195 Å². The van der Waals surface area contributed by atoms with Crippen molar-refractivity contribution >= 4 is 17.4 Å². The molecule has 10 heteroatoms. The average molecular weight is 475 g/mol. The number of nitrogens with zero attached hydrogens (tertiary/aromatic N) is 6. The van der Waals surface area contributed by atoms with Gasteiger partial charge in [-0.2, -0.15) is 10.1 Å². The van der Waals surface area contributed by atoms with Crippen LogP contribution in [0.5, 0.6) is 11.8 Å². The summed E-state index contributed by atoms with van der Waals surface area (Å²) in [5.74, 6) is 2.75. The molecule has 3 aromatic rings. The summed E-state index contributed by atoms with van der Waals surface area (Å²) in [6.45, 7) is 3.26. The first kappa shape index (κ1) is 22.0. The third-order valence-corrected chi connectivity index (χ3v) is 6.80. The van der Waals surface area contributed by atoms with Gasteiger partial charge in [-0.25, -0.2) is 23.4 Å². The van der Waals surface area contributed by atoms with Crippen LogP contribution in [0.15, 0.2) is 30.6 Å². The van der Waals surface area contributed by atoms with Crippen LogP contribution in [-0.2, 0) is 13.0 Å². The van der Waals surface area contributed by atoms with Crippen molar-refractivity contribution in [3.8, 4) is 11.8 Å². The number of halogens is 3. The van der Waals surface area contributed by atoms with Crippen molar-refractivity contribution in [2.75, 3.05) is 24.7 Å². The summed E-state index contributed by atoms with van der Waals surface area (Å²) < 4.78 is 33.9. The zero-order chi connectivity index (χ0) is 22.9. The molecule has 2 aliphatic rings. The highest BCUT2D eigenvalue weighted by Gasteiger charge is 2.42. The quantitative estimate of drug-likeness (QED) is 0.497. The Morgan fingerprint density at radius 1 is 1.12 bits per heavy atom. The number of hydrogen-bond donors (Lipinski definition) is 0. The molecule has 3 heterocycles. The number of rotatable bonds is 7. The minimum absolute atomic E-state index is 0.0176. The average Bonchev–Trinajstić information content (AvgIpc) is 3.22. The summed E-state index contributed by atoms with van der Waals surface area (Å²) in [5, 5.41) is 4.71. The second-order valence-electron chi connectivity index (χ2n) is 8.82. The summed E-state index contributed by atoms with van der Waals surface area (Å²) in [6, 6.07) is 6.07. The highest BCUT2D eigenvalue weighted by atomic mass is 35.5. The molecule has 2 fully saturated rings. The molecule has 33 heavy (non-hydrogen) atoms. The van der Waals surface area contributed by atoms with E-state index in [0.29, 0.717) is 30.0 Å². The van der Waals surface area contributed by atoms with Crippen LogP contribution < -0.4 is 9.64 Å². The van der Waals surface area contributed by atoms with Crippen LogP contribution in [0.25, 0.3) is 0 Å². The predicted octanol–water partition coefficient (Wildman–Crippen LogP) is 4.64.